The largest absolute Gasteiger partial charge is 0.308 e. The zero-order valence-corrected chi connectivity index (χ0v) is 21.4. The molecule has 0 atom stereocenters. The number of rotatable bonds is 0. The average Bonchev–Trinajstić information content (AvgIpc) is 3.72. The molecule has 7 aromatic carbocycles. The van der Waals surface area contributed by atoms with Crippen molar-refractivity contribution in [2.45, 2.75) is 0 Å². The lowest BCUT2D eigenvalue weighted by molar-refractivity contribution is 1.36. The predicted octanol–water partition coefficient (Wildman–Crippen LogP) is 10.3. The van der Waals surface area contributed by atoms with E-state index < -0.39 is 0 Å². The van der Waals surface area contributed by atoms with Gasteiger partial charge in [-0.25, -0.2) is 0 Å². The van der Waals surface area contributed by atoms with Gasteiger partial charge in [-0.3, -0.25) is 0 Å². The number of para-hydroxylation sites is 2. The number of nitrogens with zero attached hydrogens (tertiary/aromatic N) is 2. The minimum Gasteiger partial charge on any atom is -0.308 e. The highest BCUT2D eigenvalue weighted by atomic mass is 14.9. The van der Waals surface area contributed by atoms with Crippen LogP contribution in [0.4, 0.5) is 0 Å². The molecule has 4 heterocycles. The minimum atomic E-state index is 1.28. The Bertz CT molecular complexity index is 2660. The Morgan fingerprint density at radius 2 is 0.700 bits per heavy atom. The van der Waals surface area contributed by atoms with Gasteiger partial charge in [0.25, 0.3) is 0 Å². The minimum absolute atomic E-state index is 1.28. The lowest BCUT2D eigenvalue weighted by atomic mass is 9.99. The summed E-state index contributed by atoms with van der Waals surface area (Å²) in [5.41, 5.74) is 7.79. The second-order valence-electron chi connectivity index (χ2n) is 11.3. The molecule has 0 saturated heterocycles. The Labute approximate surface area is 227 Å². The fourth-order valence-electron chi connectivity index (χ4n) is 7.97. The maximum atomic E-state index is 2.52. The van der Waals surface area contributed by atoms with E-state index in [9.17, 15) is 0 Å². The van der Waals surface area contributed by atoms with Crippen molar-refractivity contribution in [1.29, 1.82) is 0 Å². The van der Waals surface area contributed by atoms with Crippen molar-refractivity contribution in [3.8, 4) is 0 Å². The van der Waals surface area contributed by atoms with E-state index >= 15 is 0 Å². The highest BCUT2D eigenvalue weighted by Gasteiger charge is 2.24. The quantitative estimate of drug-likeness (QED) is 0.194. The summed E-state index contributed by atoms with van der Waals surface area (Å²) in [4.78, 5) is 0. The molecule has 182 valence electrons. The molecular formula is C38H20N2. The van der Waals surface area contributed by atoms with Gasteiger partial charge in [-0.05, 0) is 57.9 Å². The molecule has 0 N–H and O–H groups in total. The molecule has 0 radical (unpaired) electrons. The number of benzene rings is 7. The van der Waals surface area contributed by atoms with E-state index in [0.717, 1.165) is 0 Å². The van der Waals surface area contributed by atoms with Gasteiger partial charge in [0.15, 0.2) is 0 Å². The number of fused-ring (bicyclic) bond motifs is 16. The van der Waals surface area contributed by atoms with Crippen molar-refractivity contribution in [2.75, 3.05) is 0 Å². The van der Waals surface area contributed by atoms with Crippen LogP contribution in [0.5, 0.6) is 0 Å². The lowest BCUT2D eigenvalue weighted by Crippen LogP contribution is -1.82. The van der Waals surface area contributed by atoms with E-state index in [1.165, 1.54) is 97.7 Å². The van der Waals surface area contributed by atoms with Gasteiger partial charge in [-0.2, -0.15) is 0 Å². The summed E-state index contributed by atoms with van der Waals surface area (Å²) in [6.45, 7) is 0. The second-order valence-corrected chi connectivity index (χ2v) is 11.3. The second kappa shape index (κ2) is 6.44. The highest BCUT2D eigenvalue weighted by Crippen LogP contribution is 2.47. The fraction of sp³-hybridized carbons (Fsp3) is 0. The molecule has 2 nitrogen and oxygen atoms in total. The van der Waals surface area contributed by atoms with Crippen molar-refractivity contribution in [3.05, 3.63) is 121 Å². The molecule has 0 bridgehead atoms. The zero-order chi connectivity index (χ0) is 25.7. The monoisotopic (exact) mass is 504 g/mol. The van der Waals surface area contributed by atoms with Crippen LogP contribution >= 0.6 is 0 Å². The Morgan fingerprint density at radius 3 is 1.18 bits per heavy atom. The Kier molecular flexibility index (Phi) is 3.17. The number of aromatic nitrogens is 2. The topological polar surface area (TPSA) is 8.82 Å². The molecule has 4 aromatic heterocycles. The third kappa shape index (κ3) is 2.04. The predicted molar refractivity (Wildman–Crippen MR) is 171 cm³/mol. The first-order chi connectivity index (χ1) is 19.9. The van der Waals surface area contributed by atoms with Crippen LogP contribution in [0.3, 0.4) is 0 Å². The maximum absolute atomic E-state index is 2.52. The molecule has 0 amide bonds. The molecule has 40 heavy (non-hydrogen) atoms. The molecule has 11 rings (SSSR count). The van der Waals surface area contributed by atoms with Crippen molar-refractivity contribution in [2.24, 2.45) is 0 Å². The van der Waals surface area contributed by atoms with E-state index in [2.05, 4.69) is 130 Å². The van der Waals surface area contributed by atoms with Gasteiger partial charge >= 0.3 is 0 Å². The zero-order valence-electron chi connectivity index (χ0n) is 21.4. The molecule has 11 aromatic rings. The summed E-state index contributed by atoms with van der Waals surface area (Å²) in [5, 5.41) is 15.9. The van der Waals surface area contributed by atoms with Crippen LogP contribution < -0.4 is 0 Å². The SMILES string of the molecule is c1ccc2c(c1)cc1c3cc4c(cc3n3c5ccccc5c2c13)c1cc2ccccc2c2c3ccccc3n4c12. The normalized spacial score (nSPS) is 13.0. The molecule has 0 fully saturated rings. The van der Waals surface area contributed by atoms with Gasteiger partial charge in [0.05, 0.1) is 33.1 Å². The van der Waals surface area contributed by atoms with Crippen molar-refractivity contribution < 1.29 is 0 Å². The fourth-order valence-corrected chi connectivity index (χ4v) is 7.97. The van der Waals surface area contributed by atoms with Crippen LogP contribution in [-0.4, -0.2) is 8.80 Å². The molecule has 2 heteroatoms. The lowest BCUT2D eigenvalue weighted by Gasteiger charge is -2.04. The standard InChI is InChI=1S/C38H20N2/c1-3-11-23-21(9-1)17-29-27-19-34-28(20-33(27)39-31-15-7-5-13-25(31)35(23)37(29)39)30-18-22-10-2-4-12-24(22)36-26-14-6-8-16-32(26)40(34)38(30)36/h1-20H. The Hall–Kier alpha value is -5.34. The van der Waals surface area contributed by atoms with Crippen LogP contribution in [-0.2, 0) is 0 Å². The first-order valence-corrected chi connectivity index (χ1v) is 14.0. The molecular weight excluding hydrogens is 484 g/mol. The first-order valence-electron chi connectivity index (χ1n) is 14.0. The Morgan fingerprint density at radius 1 is 0.300 bits per heavy atom. The summed E-state index contributed by atoms with van der Waals surface area (Å²) in [6, 6.07) is 45.3. The molecule has 0 aliphatic carbocycles. The van der Waals surface area contributed by atoms with Crippen molar-refractivity contribution >= 4 is 97.7 Å². The van der Waals surface area contributed by atoms with Gasteiger partial charge in [0, 0.05) is 43.1 Å². The van der Waals surface area contributed by atoms with Crippen LogP contribution in [0.15, 0.2) is 121 Å². The number of hydrogen-bond acceptors (Lipinski definition) is 0. The third-order valence-electron chi connectivity index (χ3n) is 9.50. The van der Waals surface area contributed by atoms with E-state index in [4.69, 9.17) is 0 Å². The summed E-state index contributed by atoms with van der Waals surface area (Å²) in [6.07, 6.45) is 0. The third-order valence-corrected chi connectivity index (χ3v) is 9.50. The van der Waals surface area contributed by atoms with Crippen LogP contribution in [0, 0.1) is 0 Å². The molecule has 0 saturated carbocycles. The molecule has 0 aliphatic heterocycles. The first kappa shape index (κ1) is 19.7. The smallest absolute Gasteiger partial charge is 0.0626 e. The molecule has 0 aliphatic rings. The van der Waals surface area contributed by atoms with Gasteiger partial charge in [0.2, 0.25) is 0 Å². The summed E-state index contributed by atoms with van der Waals surface area (Å²) in [5.74, 6) is 0. The average molecular weight is 505 g/mol. The van der Waals surface area contributed by atoms with Crippen LogP contribution in [0.1, 0.15) is 0 Å². The number of hydrogen-bond donors (Lipinski definition) is 0. The van der Waals surface area contributed by atoms with Gasteiger partial charge < -0.3 is 8.80 Å². The van der Waals surface area contributed by atoms with Crippen LogP contribution in [0.2, 0.25) is 0 Å². The van der Waals surface area contributed by atoms with E-state index in [-0.39, 0.29) is 0 Å². The Balaban J connectivity index is 1.48. The summed E-state index contributed by atoms with van der Waals surface area (Å²) in [7, 11) is 0. The summed E-state index contributed by atoms with van der Waals surface area (Å²) >= 11 is 0. The van der Waals surface area contributed by atoms with Gasteiger partial charge in [-0.15, -0.1) is 0 Å². The van der Waals surface area contributed by atoms with Crippen molar-refractivity contribution in [3.63, 3.8) is 0 Å². The van der Waals surface area contributed by atoms with Crippen LogP contribution in [0.25, 0.3) is 97.7 Å². The van der Waals surface area contributed by atoms with E-state index in [1.807, 2.05) is 0 Å². The van der Waals surface area contributed by atoms with Crippen molar-refractivity contribution in [1.82, 2.24) is 8.80 Å². The van der Waals surface area contributed by atoms with Gasteiger partial charge in [0.1, 0.15) is 0 Å². The molecule has 0 unspecified atom stereocenters. The summed E-state index contributed by atoms with van der Waals surface area (Å²) < 4.78 is 5.04. The molecule has 0 spiro atoms. The highest BCUT2D eigenvalue weighted by molar-refractivity contribution is 6.35. The van der Waals surface area contributed by atoms with E-state index in [1.54, 1.807) is 0 Å². The maximum Gasteiger partial charge on any atom is 0.0626 e. The van der Waals surface area contributed by atoms with Gasteiger partial charge in [-0.1, -0.05) is 84.9 Å². The van der Waals surface area contributed by atoms with E-state index in [0.29, 0.717) is 0 Å².